The van der Waals surface area contributed by atoms with Crippen molar-refractivity contribution in [3.63, 3.8) is 0 Å². The minimum atomic E-state index is -0.155. The number of nitrogens with one attached hydrogen (secondary N) is 2. The molecule has 2 N–H and O–H groups in total. The molecule has 1 aromatic heterocycles. The first-order valence-corrected chi connectivity index (χ1v) is 6.15. The molecule has 0 bridgehead atoms. The lowest BCUT2D eigenvalue weighted by atomic mass is 10.1. The minimum Gasteiger partial charge on any atom is -0.382 e. The maximum atomic E-state index is 11.4. The van der Waals surface area contributed by atoms with Crippen molar-refractivity contribution >= 4 is 11.6 Å². The fraction of sp³-hybridized carbons (Fsp3) is 0.538. The molecule has 1 rings (SSSR count). The zero-order valence-electron chi connectivity index (χ0n) is 10.8. The molecule has 0 aromatic carbocycles. The molecule has 1 amide bonds. The van der Waals surface area contributed by atoms with Crippen LogP contribution in [-0.2, 0) is 0 Å². The molecule has 4 heteroatoms. The molecule has 0 aliphatic carbocycles. The van der Waals surface area contributed by atoms with Crippen molar-refractivity contribution < 1.29 is 4.79 Å². The molecule has 0 spiro atoms. The van der Waals surface area contributed by atoms with Gasteiger partial charge in [0.25, 0.3) is 5.91 Å². The molecule has 1 atom stereocenters. The van der Waals surface area contributed by atoms with Gasteiger partial charge in [-0.1, -0.05) is 20.3 Å². The fourth-order valence-electron chi connectivity index (χ4n) is 1.74. The largest absolute Gasteiger partial charge is 0.382 e. The summed E-state index contributed by atoms with van der Waals surface area (Å²) in [5.41, 5.74) is 1.41. The molecule has 0 fully saturated rings. The highest BCUT2D eigenvalue weighted by molar-refractivity contribution is 5.92. The van der Waals surface area contributed by atoms with Crippen LogP contribution >= 0.6 is 0 Å². The number of carbonyl (C=O) groups is 1. The topological polar surface area (TPSA) is 54.0 Å². The first kappa shape index (κ1) is 13.5. The van der Waals surface area contributed by atoms with E-state index < -0.39 is 0 Å². The predicted octanol–water partition coefficient (Wildman–Crippen LogP) is 2.43. The van der Waals surface area contributed by atoms with Crippen LogP contribution in [0.3, 0.4) is 0 Å². The van der Waals surface area contributed by atoms with E-state index in [0.29, 0.717) is 11.7 Å². The molecule has 0 saturated heterocycles. The smallest absolute Gasteiger partial charge is 0.269 e. The molecule has 1 aromatic rings. The monoisotopic (exact) mass is 235 g/mol. The van der Waals surface area contributed by atoms with Gasteiger partial charge in [0, 0.05) is 25.0 Å². The Balaban J connectivity index is 2.74. The summed E-state index contributed by atoms with van der Waals surface area (Å²) in [6.07, 6.45) is 5.02. The lowest BCUT2D eigenvalue weighted by Gasteiger charge is -2.17. The van der Waals surface area contributed by atoms with E-state index in [1.165, 1.54) is 0 Å². The van der Waals surface area contributed by atoms with Crippen molar-refractivity contribution in [1.29, 1.82) is 0 Å². The Kier molecular flexibility index (Phi) is 5.46. The first-order valence-electron chi connectivity index (χ1n) is 6.15. The van der Waals surface area contributed by atoms with Crippen molar-refractivity contribution in [3.05, 3.63) is 24.0 Å². The van der Waals surface area contributed by atoms with Gasteiger partial charge in [-0.3, -0.25) is 9.78 Å². The standard InChI is InChI=1S/C13H21N3O/c1-4-6-10(5-2)16-11-7-8-15-12(9-11)13(17)14-3/h7-10H,4-6H2,1-3H3,(H,14,17)(H,15,16). The number of amides is 1. The third-order valence-corrected chi connectivity index (χ3v) is 2.72. The maximum Gasteiger partial charge on any atom is 0.269 e. The summed E-state index contributed by atoms with van der Waals surface area (Å²) in [6, 6.07) is 4.14. The zero-order valence-corrected chi connectivity index (χ0v) is 10.8. The van der Waals surface area contributed by atoms with E-state index in [0.717, 1.165) is 24.9 Å². The summed E-state index contributed by atoms with van der Waals surface area (Å²) < 4.78 is 0. The van der Waals surface area contributed by atoms with Gasteiger partial charge in [0.1, 0.15) is 5.69 Å². The predicted molar refractivity (Wildman–Crippen MR) is 70.2 cm³/mol. The van der Waals surface area contributed by atoms with Crippen LogP contribution in [0.1, 0.15) is 43.6 Å². The van der Waals surface area contributed by atoms with Crippen molar-refractivity contribution in [2.75, 3.05) is 12.4 Å². The second-order valence-corrected chi connectivity index (χ2v) is 4.05. The Bertz CT molecular complexity index is 365. The summed E-state index contributed by atoms with van der Waals surface area (Å²) in [5, 5.41) is 6.00. The Morgan fingerprint density at radius 2 is 2.24 bits per heavy atom. The molecular weight excluding hydrogens is 214 g/mol. The third-order valence-electron chi connectivity index (χ3n) is 2.72. The summed E-state index contributed by atoms with van der Waals surface area (Å²) in [7, 11) is 1.61. The van der Waals surface area contributed by atoms with Gasteiger partial charge >= 0.3 is 0 Å². The zero-order chi connectivity index (χ0) is 12.7. The average molecular weight is 235 g/mol. The number of nitrogens with zero attached hydrogens (tertiary/aromatic N) is 1. The third kappa shape index (κ3) is 4.06. The number of hydrogen-bond donors (Lipinski definition) is 2. The van der Waals surface area contributed by atoms with Gasteiger partial charge in [-0.2, -0.15) is 0 Å². The lowest BCUT2D eigenvalue weighted by molar-refractivity contribution is 0.0958. The molecule has 0 saturated carbocycles. The van der Waals surface area contributed by atoms with E-state index in [-0.39, 0.29) is 5.91 Å². The van der Waals surface area contributed by atoms with Crippen LogP contribution in [0.25, 0.3) is 0 Å². The van der Waals surface area contributed by atoms with E-state index in [1.807, 2.05) is 6.07 Å². The van der Waals surface area contributed by atoms with Gasteiger partial charge < -0.3 is 10.6 Å². The van der Waals surface area contributed by atoms with Crippen molar-refractivity contribution in [2.45, 2.75) is 39.2 Å². The van der Waals surface area contributed by atoms with Gasteiger partial charge in [0.15, 0.2) is 0 Å². The molecule has 0 radical (unpaired) electrons. The van der Waals surface area contributed by atoms with Crippen LogP contribution in [0.4, 0.5) is 5.69 Å². The molecule has 1 heterocycles. The normalized spacial score (nSPS) is 11.9. The molecule has 94 valence electrons. The average Bonchev–Trinajstić information content (AvgIpc) is 2.37. The van der Waals surface area contributed by atoms with Gasteiger partial charge in [-0.25, -0.2) is 0 Å². The highest BCUT2D eigenvalue weighted by atomic mass is 16.1. The lowest BCUT2D eigenvalue weighted by Crippen LogP contribution is -2.21. The first-order chi connectivity index (χ1) is 8.21. The summed E-state index contributed by atoms with van der Waals surface area (Å²) in [5.74, 6) is -0.155. The molecule has 0 aliphatic rings. The Labute approximate surface area is 103 Å². The van der Waals surface area contributed by atoms with E-state index >= 15 is 0 Å². The van der Waals surface area contributed by atoms with Gasteiger partial charge in [0.05, 0.1) is 0 Å². The highest BCUT2D eigenvalue weighted by Gasteiger charge is 2.08. The second kappa shape index (κ2) is 6.89. The number of carbonyl (C=O) groups excluding carboxylic acids is 1. The van der Waals surface area contributed by atoms with Crippen molar-refractivity contribution in [2.24, 2.45) is 0 Å². The Hall–Kier alpha value is -1.58. The molecule has 4 nitrogen and oxygen atoms in total. The number of anilines is 1. The van der Waals surface area contributed by atoms with Gasteiger partial charge in [-0.05, 0) is 25.0 Å². The maximum absolute atomic E-state index is 11.4. The van der Waals surface area contributed by atoms with Crippen LogP contribution in [-0.4, -0.2) is 24.0 Å². The summed E-state index contributed by atoms with van der Waals surface area (Å²) >= 11 is 0. The van der Waals surface area contributed by atoms with Crippen LogP contribution < -0.4 is 10.6 Å². The number of rotatable bonds is 6. The van der Waals surface area contributed by atoms with E-state index in [4.69, 9.17) is 0 Å². The van der Waals surface area contributed by atoms with E-state index in [1.54, 1.807) is 19.3 Å². The molecule has 1 unspecified atom stereocenters. The van der Waals surface area contributed by atoms with Crippen molar-refractivity contribution in [1.82, 2.24) is 10.3 Å². The van der Waals surface area contributed by atoms with Crippen LogP contribution in [0, 0.1) is 0 Å². The molecular formula is C13H21N3O. The Morgan fingerprint density at radius 3 is 2.82 bits per heavy atom. The molecule has 17 heavy (non-hydrogen) atoms. The quantitative estimate of drug-likeness (QED) is 0.796. The fourth-order valence-corrected chi connectivity index (χ4v) is 1.74. The number of aromatic nitrogens is 1. The molecule has 0 aliphatic heterocycles. The second-order valence-electron chi connectivity index (χ2n) is 4.05. The van der Waals surface area contributed by atoms with Crippen molar-refractivity contribution in [3.8, 4) is 0 Å². The number of hydrogen-bond acceptors (Lipinski definition) is 3. The SMILES string of the molecule is CCCC(CC)Nc1ccnc(C(=O)NC)c1. The number of pyridine rings is 1. The van der Waals surface area contributed by atoms with Gasteiger partial charge in [0.2, 0.25) is 0 Å². The summed E-state index contributed by atoms with van der Waals surface area (Å²) in [6.45, 7) is 4.33. The van der Waals surface area contributed by atoms with Crippen LogP contribution in [0.15, 0.2) is 18.3 Å². The minimum absolute atomic E-state index is 0.155. The van der Waals surface area contributed by atoms with E-state index in [9.17, 15) is 4.79 Å². The highest BCUT2D eigenvalue weighted by Crippen LogP contribution is 2.13. The van der Waals surface area contributed by atoms with E-state index in [2.05, 4.69) is 29.5 Å². The Morgan fingerprint density at radius 1 is 1.47 bits per heavy atom. The van der Waals surface area contributed by atoms with Crippen LogP contribution in [0.5, 0.6) is 0 Å². The summed E-state index contributed by atoms with van der Waals surface area (Å²) in [4.78, 5) is 15.5. The van der Waals surface area contributed by atoms with Crippen LogP contribution in [0.2, 0.25) is 0 Å². The van der Waals surface area contributed by atoms with Gasteiger partial charge in [-0.15, -0.1) is 0 Å².